The lowest BCUT2D eigenvalue weighted by atomic mass is 10.1. The quantitative estimate of drug-likeness (QED) is 0.749. The van der Waals surface area contributed by atoms with Gasteiger partial charge in [-0.2, -0.15) is 0 Å². The summed E-state index contributed by atoms with van der Waals surface area (Å²) >= 11 is 0. The Kier molecular flexibility index (Phi) is 3.50. The molecule has 0 radical (unpaired) electrons. The zero-order chi connectivity index (χ0) is 14.8. The van der Waals surface area contributed by atoms with Crippen molar-refractivity contribution in [2.45, 2.75) is 19.5 Å². The maximum atomic E-state index is 11.5. The predicted molar refractivity (Wildman–Crippen MR) is 77.1 cm³/mol. The van der Waals surface area contributed by atoms with Crippen LogP contribution in [0.1, 0.15) is 34.8 Å². The molecule has 0 aliphatic rings. The first kappa shape index (κ1) is 13.5. The van der Waals surface area contributed by atoms with Gasteiger partial charge in [0.1, 0.15) is 22.7 Å². The monoisotopic (exact) mass is 285 g/mol. The van der Waals surface area contributed by atoms with Crippen molar-refractivity contribution in [3.05, 3.63) is 59.7 Å². The third kappa shape index (κ3) is 2.55. The van der Waals surface area contributed by atoms with E-state index in [0.29, 0.717) is 23.3 Å². The molecule has 108 valence electrons. The fourth-order valence-electron chi connectivity index (χ4n) is 2.34. The summed E-state index contributed by atoms with van der Waals surface area (Å²) in [6, 6.07) is 10.8. The summed E-state index contributed by atoms with van der Waals surface area (Å²) in [5.41, 5.74) is 0.794. The maximum Gasteiger partial charge on any atom is 0.339 e. The molecule has 0 aliphatic heterocycles. The maximum absolute atomic E-state index is 11.5. The molecule has 3 aromatic rings. The molecule has 0 aliphatic carbocycles. The van der Waals surface area contributed by atoms with Crippen molar-refractivity contribution >= 4 is 16.9 Å². The zero-order valence-corrected chi connectivity index (χ0v) is 11.5. The highest BCUT2D eigenvalue weighted by Crippen LogP contribution is 2.26. The number of aromatic carboxylic acids is 1. The van der Waals surface area contributed by atoms with Crippen LogP contribution in [0.5, 0.6) is 0 Å². The summed E-state index contributed by atoms with van der Waals surface area (Å²) in [5.74, 6) is 0.229. The normalized spacial score (nSPS) is 12.6. The van der Waals surface area contributed by atoms with Crippen LogP contribution in [0.2, 0.25) is 0 Å². The second kappa shape index (κ2) is 5.46. The molecular formula is C16H15NO4. The molecule has 2 N–H and O–H groups in total. The number of rotatable bonds is 5. The van der Waals surface area contributed by atoms with E-state index in [9.17, 15) is 9.90 Å². The van der Waals surface area contributed by atoms with Gasteiger partial charge in [-0.1, -0.05) is 18.2 Å². The minimum Gasteiger partial charge on any atom is -0.478 e. The van der Waals surface area contributed by atoms with Gasteiger partial charge in [0, 0.05) is 5.39 Å². The highest BCUT2D eigenvalue weighted by Gasteiger charge is 2.20. The van der Waals surface area contributed by atoms with Gasteiger partial charge in [0.05, 0.1) is 18.8 Å². The third-order valence-corrected chi connectivity index (χ3v) is 3.42. The third-order valence-electron chi connectivity index (χ3n) is 3.42. The zero-order valence-electron chi connectivity index (χ0n) is 11.5. The van der Waals surface area contributed by atoms with E-state index >= 15 is 0 Å². The van der Waals surface area contributed by atoms with Crippen molar-refractivity contribution in [2.24, 2.45) is 0 Å². The number of benzene rings is 1. The van der Waals surface area contributed by atoms with Gasteiger partial charge in [0.25, 0.3) is 0 Å². The molecule has 5 nitrogen and oxygen atoms in total. The van der Waals surface area contributed by atoms with Gasteiger partial charge in [0.15, 0.2) is 0 Å². The number of nitrogens with one attached hydrogen (secondary N) is 1. The number of hydrogen-bond donors (Lipinski definition) is 2. The molecule has 2 aromatic heterocycles. The molecule has 5 heteroatoms. The Hall–Kier alpha value is -2.53. The Morgan fingerprint density at radius 1 is 1.29 bits per heavy atom. The molecule has 0 bridgehead atoms. The van der Waals surface area contributed by atoms with E-state index in [2.05, 4.69) is 5.32 Å². The fraction of sp³-hybridized carbons (Fsp3) is 0.188. The van der Waals surface area contributed by atoms with Crippen LogP contribution in [0.25, 0.3) is 11.0 Å². The van der Waals surface area contributed by atoms with Crippen LogP contribution in [0.4, 0.5) is 0 Å². The van der Waals surface area contributed by atoms with Crippen LogP contribution in [-0.4, -0.2) is 11.1 Å². The van der Waals surface area contributed by atoms with Gasteiger partial charge in [-0.15, -0.1) is 0 Å². The second-order valence-corrected chi connectivity index (χ2v) is 4.82. The number of para-hydroxylation sites is 1. The molecule has 0 saturated carbocycles. The van der Waals surface area contributed by atoms with E-state index in [-0.39, 0.29) is 11.6 Å². The summed E-state index contributed by atoms with van der Waals surface area (Å²) in [7, 11) is 0. The van der Waals surface area contributed by atoms with Crippen molar-refractivity contribution < 1.29 is 18.7 Å². The predicted octanol–water partition coefficient (Wildman–Crippen LogP) is 3.57. The van der Waals surface area contributed by atoms with E-state index < -0.39 is 5.97 Å². The lowest BCUT2D eigenvalue weighted by molar-refractivity contribution is 0.0696. The molecule has 0 fully saturated rings. The van der Waals surface area contributed by atoms with Crippen LogP contribution in [0.15, 0.2) is 51.5 Å². The number of carboxylic acid groups (broad SMARTS) is 1. The van der Waals surface area contributed by atoms with E-state index in [1.165, 1.54) is 0 Å². The number of fused-ring (bicyclic) bond motifs is 1. The summed E-state index contributed by atoms with van der Waals surface area (Å²) < 4.78 is 11.0. The van der Waals surface area contributed by atoms with Gasteiger partial charge >= 0.3 is 5.97 Å². The van der Waals surface area contributed by atoms with E-state index in [0.717, 1.165) is 5.76 Å². The van der Waals surface area contributed by atoms with E-state index in [4.69, 9.17) is 8.83 Å². The molecule has 3 rings (SSSR count). The lowest BCUT2D eigenvalue weighted by Gasteiger charge is -2.10. The Labute approximate surface area is 121 Å². The topological polar surface area (TPSA) is 75.6 Å². The molecule has 21 heavy (non-hydrogen) atoms. The number of carboxylic acids is 1. The van der Waals surface area contributed by atoms with E-state index in [1.54, 1.807) is 24.5 Å². The van der Waals surface area contributed by atoms with Gasteiger partial charge in [0.2, 0.25) is 0 Å². The minimum absolute atomic E-state index is 0.0325. The summed E-state index contributed by atoms with van der Waals surface area (Å²) in [4.78, 5) is 11.5. The first-order valence-electron chi connectivity index (χ1n) is 6.67. The molecule has 0 amide bonds. The number of carbonyl (C=O) groups is 1. The van der Waals surface area contributed by atoms with Crippen molar-refractivity contribution in [3.63, 3.8) is 0 Å². The van der Waals surface area contributed by atoms with Gasteiger partial charge < -0.3 is 19.3 Å². The van der Waals surface area contributed by atoms with Crippen LogP contribution >= 0.6 is 0 Å². The largest absolute Gasteiger partial charge is 0.478 e. The van der Waals surface area contributed by atoms with Crippen LogP contribution in [-0.2, 0) is 6.54 Å². The van der Waals surface area contributed by atoms with Crippen molar-refractivity contribution in [1.82, 2.24) is 5.32 Å². The van der Waals surface area contributed by atoms with Gasteiger partial charge in [-0.3, -0.25) is 0 Å². The minimum atomic E-state index is -0.984. The molecule has 1 atom stereocenters. The first-order chi connectivity index (χ1) is 10.2. The molecule has 0 saturated heterocycles. The van der Waals surface area contributed by atoms with Crippen molar-refractivity contribution in [3.8, 4) is 0 Å². The number of hydrogen-bond acceptors (Lipinski definition) is 4. The highest BCUT2D eigenvalue weighted by atomic mass is 16.4. The average Bonchev–Trinajstić information content (AvgIpc) is 3.11. The van der Waals surface area contributed by atoms with Crippen LogP contribution < -0.4 is 5.32 Å². The van der Waals surface area contributed by atoms with Crippen molar-refractivity contribution in [2.75, 3.05) is 0 Å². The molecular weight excluding hydrogens is 270 g/mol. The van der Waals surface area contributed by atoms with Crippen LogP contribution in [0, 0.1) is 0 Å². The Bertz CT molecular complexity index is 758. The first-order valence-corrected chi connectivity index (χ1v) is 6.67. The van der Waals surface area contributed by atoms with Crippen molar-refractivity contribution in [1.29, 1.82) is 0 Å². The molecule has 2 heterocycles. The second-order valence-electron chi connectivity index (χ2n) is 4.82. The molecule has 1 aromatic carbocycles. The smallest absolute Gasteiger partial charge is 0.339 e. The van der Waals surface area contributed by atoms with Gasteiger partial charge in [-0.25, -0.2) is 4.79 Å². The Balaban J connectivity index is 1.86. The Morgan fingerprint density at radius 3 is 2.81 bits per heavy atom. The fourth-order valence-corrected chi connectivity index (χ4v) is 2.34. The number of furan rings is 2. The Morgan fingerprint density at radius 2 is 2.10 bits per heavy atom. The average molecular weight is 285 g/mol. The molecule has 0 spiro atoms. The SMILES string of the molecule is C[C@H](NCc1oc2ccccc2c1C(=O)O)c1ccco1. The standard InChI is InChI=1S/C16H15NO4/c1-10(12-7-4-8-20-12)17-9-14-15(16(18)19)11-5-2-3-6-13(11)21-14/h2-8,10,17H,9H2,1H3,(H,18,19)/t10-/m0/s1. The summed E-state index contributed by atoms with van der Waals surface area (Å²) in [5, 5.41) is 13.2. The van der Waals surface area contributed by atoms with Gasteiger partial charge in [-0.05, 0) is 25.1 Å². The highest BCUT2D eigenvalue weighted by molar-refractivity contribution is 6.03. The molecule has 0 unspecified atom stereocenters. The summed E-state index contributed by atoms with van der Waals surface area (Å²) in [6.07, 6.45) is 1.61. The lowest BCUT2D eigenvalue weighted by Crippen LogP contribution is -2.18. The van der Waals surface area contributed by atoms with Crippen LogP contribution in [0.3, 0.4) is 0 Å². The summed E-state index contributed by atoms with van der Waals surface area (Å²) in [6.45, 7) is 2.26. The van der Waals surface area contributed by atoms with E-state index in [1.807, 2.05) is 25.1 Å².